The average Bonchev–Trinajstić information content (AvgIpc) is 3.37. The normalized spacial score (nSPS) is 10.9. The van der Waals surface area contributed by atoms with Gasteiger partial charge in [0, 0.05) is 35.9 Å². The SMILES string of the molecule is O=C(CCc1nc2ccccc2[nH]c1=O)NCc1cccc(-c2nc(-c3ccccc3)cs2)c1. The standard InChI is InChI=1S/C27H22N4O2S/c32-25(14-13-23-26(33)30-22-12-5-4-11-21(22)29-23)28-16-18-7-6-10-20(15-18)27-31-24(17-34-27)19-8-2-1-3-9-19/h1-12,15,17H,13-14,16H2,(H,28,32)(H,30,33). The molecule has 0 atom stereocenters. The molecular weight excluding hydrogens is 444 g/mol. The lowest BCUT2D eigenvalue weighted by molar-refractivity contribution is -0.121. The molecule has 2 aromatic heterocycles. The summed E-state index contributed by atoms with van der Waals surface area (Å²) in [5, 5.41) is 5.94. The summed E-state index contributed by atoms with van der Waals surface area (Å²) < 4.78 is 0. The quantitative estimate of drug-likeness (QED) is 0.355. The van der Waals surface area contributed by atoms with Crippen molar-refractivity contribution < 1.29 is 4.79 Å². The van der Waals surface area contributed by atoms with Crippen LogP contribution < -0.4 is 10.9 Å². The fourth-order valence-electron chi connectivity index (χ4n) is 3.72. The Balaban J connectivity index is 1.20. The highest BCUT2D eigenvalue weighted by Crippen LogP contribution is 2.29. The summed E-state index contributed by atoms with van der Waals surface area (Å²) in [6.07, 6.45) is 0.481. The van der Waals surface area contributed by atoms with Gasteiger partial charge in [0.15, 0.2) is 0 Å². The van der Waals surface area contributed by atoms with E-state index in [2.05, 4.69) is 20.7 Å². The molecule has 0 aliphatic carbocycles. The third-order valence-electron chi connectivity index (χ3n) is 5.50. The molecule has 0 spiro atoms. The Morgan fingerprint density at radius 3 is 2.59 bits per heavy atom. The molecule has 2 N–H and O–H groups in total. The molecule has 0 aliphatic heterocycles. The number of fused-ring (bicyclic) bond motifs is 1. The topological polar surface area (TPSA) is 87.7 Å². The molecule has 2 heterocycles. The van der Waals surface area contributed by atoms with Gasteiger partial charge in [0.25, 0.3) is 5.56 Å². The van der Waals surface area contributed by atoms with Gasteiger partial charge in [0.1, 0.15) is 10.7 Å². The average molecular weight is 467 g/mol. The van der Waals surface area contributed by atoms with Gasteiger partial charge < -0.3 is 10.3 Å². The number of hydrogen-bond donors (Lipinski definition) is 2. The number of carbonyl (C=O) groups excluding carboxylic acids is 1. The summed E-state index contributed by atoms with van der Waals surface area (Å²) in [5.41, 5.74) is 5.58. The summed E-state index contributed by atoms with van der Waals surface area (Å²) in [6.45, 7) is 0.408. The largest absolute Gasteiger partial charge is 0.352 e. The van der Waals surface area contributed by atoms with Crippen LogP contribution in [-0.2, 0) is 17.8 Å². The lowest BCUT2D eigenvalue weighted by atomic mass is 10.1. The number of nitrogens with zero attached hydrogens (tertiary/aromatic N) is 2. The van der Waals surface area contributed by atoms with Crippen molar-refractivity contribution in [3.8, 4) is 21.8 Å². The van der Waals surface area contributed by atoms with Crippen LogP contribution in [0.3, 0.4) is 0 Å². The van der Waals surface area contributed by atoms with Gasteiger partial charge in [-0.2, -0.15) is 0 Å². The molecule has 3 aromatic carbocycles. The Morgan fingerprint density at radius 1 is 0.912 bits per heavy atom. The van der Waals surface area contributed by atoms with E-state index in [0.29, 0.717) is 23.3 Å². The van der Waals surface area contributed by atoms with Crippen LogP contribution in [0.2, 0.25) is 0 Å². The van der Waals surface area contributed by atoms with E-state index in [1.165, 1.54) is 0 Å². The lowest BCUT2D eigenvalue weighted by Crippen LogP contribution is -2.24. The van der Waals surface area contributed by atoms with Crippen LogP contribution in [0.25, 0.3) is 32.9 Å². The van der Waals surface area contributed by atoms with Crippen molar-refractivity contribution in [2.45, 2.75) is 19.4 Å². The first-order chi connectivity index (χ1) is 16.7. The van der Waals surface area contributed by atoms with E-state index in [1.807, 2.05) is 78.9 Å². The zero-order chi connectivity index (χ0) is 23.3. The number of H-pyrrole nitrogens is 1. The highest BCUT2D eigenvalue weighted by molar-refractivity contribution is 7.13. The van der Waals surface area contributed by atoms with Crippen molar-refractivity contribution in [2.24, 2.45) is 0 Å². The molecule has 1 amide bonds. The number of hydrogen-bond acceptors (Lipinski definition) is 5. The maximum Gasteiger partial charge on any atom is 0.270 e. The van der Waals surface area contributed by atoms with E-state index < -0.39 is 0 Å². The van der Waals surface area contributed by atoms with Gasteiger partial charge in [-0.1, -0.05) is 60.7 Å². The Morgan fingerprint density at radius 2 is 1.71 bits per heavy atom. The van der Waals surface area contributed by atoms with Gasteiger partial charge in [0.05, 0.1) is 16.7 Å². The number of benzene rings is 3. The van der Waals surface area contributed by atoms with Crippen molar-refractivity contribution in [3.63, 3.8) is 0 Å². The first-order valence-corrected chi connectivity index (χ1v) is 11.9. The van der Waals surface area contributed by atoms with Crippen molar-refractivity contribution in [3.05, 3.63) is 106 Å². The molecule has 168 valence electrons. The molecule has 0 saturated carbocycles. The number of aryl methyl sites for hydroxylation is 1. The maximum absolute atomic E-state index is 12.4. The van der Waals surface area contributed by atoms with Crippen molar-refractivity contribution >= 4 is 28.3 Å². The van der Waals surface area contributed by atoms with Gasteiger partial charge in [-0.15, -0.1) is 11.3 Å². The Labute approximate surface area is 200 Å². The molecule has 5 aromatic rings. The molecule has 7 heteroatoms. The number of aromatic nitrogens is 3. The van der Waals surface area contributed by atoms with Gasteiger partial charge in [0.2, 0.25) is 5.91 Å². The third-order valence-corrected chi connectivity index (χ3v) is 6.39. The second-order valence-electron chi connectivity index (χ2n) is 7.91. The van der Waals surface area contributed by atoms with E-state index in [0.717, 1.165) is 27.4 Å². The van der Waals surface area contributed by atoms with Crippen LogP contribution >= 0.6 is 11.3 Å². The Bertz CT molecular complexity index is 1510. The fourth-order valence-corrected chi connectivity index (χ4v) is 4.55. The van der Waals surface area contributed by atoms with Crippen LogP contribution in [-0.4, -0.2) is 20.9 Å². The number of amides is 1. The zero-order valence-corrected chi connectivity index (χ0v) is 19.1. The van der Waals surface area contributed by atoms with Gasteiger partial charge in [-0.25, -0.2) is 9.97 Å². The highest BCUT2D eigenvalue weighted by Gasteiger charge is 2.10. The predicted molar refractivity (Wildman–Crippen MR) is 136 cm³/mol. The molecule has 0 radical (unpaired) electrons. The van der Waals surface area contributed by atoms with E-state index in [-0.39, 0.29) is 24.3 Å². The first-order valence-electron chi connectivity index (χ1n) is 11.0. The Hall–Kier alpha value is -4.10. The number of nitrogens with one attached hydrogen (secondary N) is 2. The number of thiazole rings is 1. The molecule has 0 fully saturated rings. The molecule has 0 aliphatic rings. The predicted octanol–water partition coefficient (Wildman–Crippen LogP) is 4.96. The van der Waals surface area contributed by atoms with Gasteiger partial charge in [-0.3, -0.25) is 9.59 Å². The molecular formula is C27H22N4O2S. The van der Waals surface area contributed by atoms with Crippen LogP contribution in [0.15, 0.2) is 89.0 Å². The molecule has 0 bridgehead atoms. The smallest absolute Gasteiger partial charge is 0.270 e. The second kappa shape index (κ2) is 9.80. The summed E-state index contributed by atoms with van der Waals surface area (Å²) in [5.74, 6) is -0.125. The molecule has 6 nitrogen and oxygen atoms in total. The molecule has 0 saturated heterocycles. The minimum Gasteiger partial charge on any atom is -0.352 e. The highest BCUT2D eigenvalue weighted by atomic mass is 32.1. The monoisotopic (exact) mass is 466 g/mol. The van der Waals surface area contributed by atoms with E-state index in [9.17, 15) is 9.59 Å². The lowest BCUT2D eigenvalue weighted by Gasteiger charge is -2.07. The van der Waals surface area contributed by atoms with E-state index in [1.54, 1.807) is 11.3 Å². The van der Waals surface area contributed by atoms with Crippen LogP contribution in [0, 0.1) is 0 Å². The fraction of sp³-hybridized carbons (Fsp3) is 0.111. The van der Waals surface area contributed by atoms with Crippen molar-refractivity contribution in [1.29, 1.82) is 0 Å². The molecule has 0 unspecified atom stereocenters. The van der Waals surface area contributed by atoms with Gasteiger partial charge in [-0.05, 0) is 23.8 Å². The van der Waals surface area contributed by atoms with Crippen molar-refractivity contribution in [1.82, 2.24) is 20.3 Å². The number of para-hydroxylation sites is 2. The summed E-state index contributed by atoms with van der Waals surface area (Å²) in [6, 6.07) is 25.5. The Kier molecular flexibility index (Phi) is 6.27. The first kappa shape index (κ1) is 21.7. The van der Waals surface area contributed by atoms with Crippen molar-refractivity contribution in [2.75, 3.05) is 0 Å². The third kappa shape index (κ3) is 4.94. The maximum atomic E-state index is 12.4. The van der Waals surface area contributed by atoms with E-state index >= 15 is 0 Å². The molecule has 34 heavy (non-hydrogen) atoms. The zero-order valence-electron chi connectivity index (χ0n) is 18.3. The molecule has 5 rings (SSSR count). The number of carbonyl (C=O) groups is 1. The van der Waals surface area contributed by atoms with Crippen LogP contribution in [0.1, 0.15) is 17.7 Å². The van der Waals surface area contributed by atoms with E-state index in [4.69, 9.17) is 4.98 Å². The number of rotatable bonds is 7. The second-order valence-corrected chi connectivity index (χ2v) is 8.77. The minimum atomic E-state index is -0.252. The summed E-state index contributed by atoms with van der Waals surface area (Å²) >= 11 is 1.60. The van der Waals surface area contributed by atoms with Gasteiger partial charge >= 0.3 is 0 Å². The summed E-state index contributed by atoms with van der Waals surface area (Å²) in [4.78, 5) is 36.6. The summed E-state index contributed by atoms with van der Waals surface area (Å²) in [7, 11) is 0. The minimum absolute atomic E-state index is 0.125. The van der Waals surface area contributed by atoms with Crippen LogP contribution in [0.4, 0.5) is 0 Å². The van der Waals surface area contributed by atoms with Crippen LogP contribution in [0.5, 0.6) is 0 Å². The number of aromatic amines is 1.